The third-order valence-corrected chi connectivity index (χ3v) is 21.0. The zero-order chi connectivity index (χ0) is 75.6. The summed E-state index contributed by atoms with van der Waals surface area (Å²) >= 11 is 0. The molecule has 0 saturated carbocycles. The molecule has 486 valence electrons. The molecule has 2 aliphatic rings. The first-order chi connectivity index (χ1) is 52.3. The SMILES string of the molecule is [2H]c1c([2H])c([2H])c2c(c1[2H])c1c([2H])c([2H])c([2H])c([2H])c1n2-c1ccc2c(c1)N(c1ccc(C(C)(C)C)cc1-c1ccccc1)c1cc(-c3cccc4c3c3ccccc3n4-c3ccccc3)cc3c1B2c1cc(-c2cccc(C(C)(C)C)c2)ccc1N3c1c(-c2ccccc2)cc(C(C)(C)C)cc1-c1ccccc1. The van der Waals surface area contributed by atoms with Gasteiger partial charge in [0.1, 0.15) is 0 Å². The van der Waals surface area contributed by atoms with E-state index in [9.17, 15) is 8.22 Å². The minimum absolute atomic E-state index is 0.0128. The first-order valence-corrected chi connectivity index (χ1v) is 35.1. The smallest absolute Gasteiger partial charge is 0.252 e. The summed E-state index contributed by atoms with van der Waals surface area (Å²) in [6.07, 6.45) is 0. The Morgan fingerprint density at radius 3 is 1.43 bits per heavy atom. The third kappa shape index (κ3) is 10.2. The van der Waals surface area contributed by atoms with Crippen LogP contribution in [0.2, 0.25) is 0 Å². The van der Waals surface area contributed by atoms with Gasteiger partial charge in [-0.05, 0) is 179 Å². The zero-order valence-corrected chi connectivity index (χ0v) is 58.3. The van der Waals surface area contributed by atoms with Crippen LogP contribution in [0.3, 0.4) is 0 Å². The molecule has 0 N–H and O–H groups in total. The lowest BCUT2D eigenvalue weighted by atomic mass is 9.33. The predicted molar refractivity (Wildman–Crippen MR) is 432 cm³/mol. The van der Waals surface area contributed by atoms with Crippen molar-refractivity contribution in [1.82, 2.24) is 9.13 Å². The Morgan fingerprint density at radius 1 is 0.287 bits per heavy atom. The van der Waals surface area contributed by atoms with Crippen molar-refractivity contribution in [1.29, 1.82) is 0 Å². The predicted octanol–water partition coefficient (Wildman–Crippen LogP) is 24.2. The Bertz CT molecular complexity index is 6330. The highest BCUT2D eigenvalue weighted by Crippen LogP contribution is 2.55. The largest absolute Gasteiger partial charge is 0.311 e. The number of hydrogen-bond acceptors (Lipinski definition) is 2. The molecule has 0 unspecified atom stereocenters. The molecule has 5 heteroatoms. The van der Waals surface area contributed by atoms with Crippen molar-refractivity contribution >= 4 is 101 Å². The molecule has 2 aromatic heterocycles. The number of nitrogens with zero attached hydrogens (tertiary/aromatic N) is 4. The highest BCUT2D eigenvalue weighted by atomic mass is 15.2. The fraction of sp³-hybridized carbons (Fsp3) is 0.125. The Kier molecular flexibility index (Phi) is 12.4. The minimum Gasteiger partial charge on any atom is -0.311 e. The van der Waals surface area contributed by atoms with E-state index in [0.29, 0.717) is 5.69 Å². The lowest BCUT2D eigenvalue weighted by Gasteiger charge is -2.46. The van der Waals surface area contributed by atoms with Gasteiger partial charge in [0.15, 0.2) is 0 Å². The van der Waals surface area contributed by atoms with E-state index in [0.717, 1.165) is 139 Å². The highest BCUT2D eigenvalue weighted by molar-refractivity contribution is 7.00. The molecule has 0 radical (unpaired) electrons. The van der Waals surface area contributed by atoms with Crippen molar-refractivity contribution < 1.29 is 11.0 Å². The van der Waals surface area contributed by atoms with Gasteiger partial charge in [-0.2, -0.15) is 0 Å². The quantitative estimate of drug-likeness (QED) is 0.134. The Labute approximate surface area is 605 Å². The maximum atomic E-state index is 9.85. The van der Waals surface area contributed by atoms with E-state index in [-0.39, 0.29) is 50.1 Å². The summed E-state index contributed by atoms with van der Waals surface area (Å²) in [5, 5.41) is 2.21. The third-order valence-electron chi connectivity index (χ3n) is 21.0. The number of rotatable bonds is 9. The molecule has 18 rings (SSSR count). The first kappa shape index (κ1) is 53.3. The summed E-state index contributed by atoms with van der Waals surface area (Å²) < 4.78 is 79.7. The lowest BCUT2D eigenvalue weighted by molar-refractivity contribution is 0.590. The number of anilines is 6. The number of para-hydroxylation sites is 4. The van der Waals surface area contributed by atoms with Crippen LogP contribution in [0.5, 0.6) is 0 Å². The second-order valence-electron chi connectivity index (χ2n) is 30.3. The van der Waals surface area contributed by atoms with E-state index in [1.807, 2.05) is 6.07 Å². The first-order valence-electron chi connectivity index (χ1n) is 39.1. The van der Waals surface area contributed by atoms with E-state index in [4.69, 9.17) is 2.74 Å². The maximum Gasteiger partial charge on any atom is 0.252 e. The molecule has 0 atom stereocenters. The molecule has 0 spiro atoms. The van der Waals surface area contributed by atoms with Crippen LogP contribution in [0.15, 0.2) is 315 Å². The summed E-state index contributed by atoms with van der Waals surface area (Å²) in [5.41, 5.74) is 25.4. The van der Waals surface area contributed by atoms with Gasteiger partial charge < -0.3 is 18.9 Å². The highest BCUT2D eigenvalue weighted by Gasteiger charge is 2.46. The molecule has 16 aromatic rings. The molecule has 4 nitrogen and oxygen atoms in total. The summed E-state index contributed by atoms with van der Waals surface area (Å²) in [4.78, 5) is 5.02. The van der Waals surface area contributed by atoms with Crippen molar-refractivity contribution in [2.24, 2.45) is 0 Å². The van der Waals surface area contributed by atoms with Gasteiger partial charge in [-0.1, -0.05) is 287 Å². The van der Waals surface area contributed by atoms with Crippen LogP contribution in [-0.2, 0) is 16.2 Å². The maximum absolute atomic E-state index is 9.85. The van der Waals surface area contributed by atoms with Gasteiger partial charge >= 0.3 is 0 Å². The van der Waals surface area contributed by atoms with E-state index in [2.05, 4.69) is 338 Å². The Morgan fingerprint density at radius 2 is 0.792 bits per heavy atom. The second-order valence-corrected chi connectivity index (χ2v) is 30.3. The fourth-order valence-corrected chi connectivity index (χ4v) is 16.0. The van der Waals surface area contributed by atoms with Crippen LogP contribution in [0.1, 0.15) is 90.0 Å². The molecule has 101 heavy (non-hydrogen) atoms. The van der Waals surface area contributed by atoms with Gasteiger partial charge in [-0.15, -0.1) is 0 Å². The fourth-order valence-electron chi connectivity index (χ4n) is 16.0. The number of aromatic nitrogens is 2. The molecule has 0 amide bonds. The number of fused-ring (bicyclic) bond motifs is 10. The summed E-state index contributed by atoms with van der Waals surface area (Å²) in [6.45, 7) is 19.9. The molecule has 4 heterocycles. The van der Waals surface area contributed by atoms with Gasteiger partial charge in [0, 0.05) is 72.4 Å². The van der Waals surface area contributed by atoms with Crippen LogP contribution in [0, 0.1) is 0 Å². The lowest BCUT2D eigenvalue weighted by Crippen LogP contribution is -2.61. The van der Waals surface area contributed by atoms with E-state index >= 15 is 0 Å². The molecule has 2 aliphatic heterocycles. The van der Waals surface area contributed by atoms with E-state index < -0.39 is 43.0 Å². The van der Waals surface area contributed by atoms with Crippen molar-refractivity contribution in [3.8, 4) is 67.0 Å². The average molecular weight is 1310 g/mol. The van der Waals surface area contributed by atoms with Crippen LogP contribution >= 0.6 is 0 Å². The van der Waals surface area contributed by atoms with Crippen molar-refractivity contribution in [2.75, 3.05) is 9.80 Å². The van der Waals surface area contributed by atoms with Crippen LogP contribution < -0.4 is 26.2 Å². The van der Waals surface area contributed by atoms with Crippen molar-refractivity contribution in [2.45, 2.75) is 78.6 Å². The van der Waals surface area contributed by atoms with Crippen LogP contribution in [0.25, 0.3) is 111 Å². The molecular formula is C96H79BN4. The minimum atomic E-state index is -0.511. The van der Waals surface area contributed by atoms with Gasteiger partial charge in [0.2, 0.25) is 0 Å². The number of benzene rings is 14. The Hall–Kier alpha value is -11.7. The van der Waals surface area contributed by atoms with Crippen LogP contribution in [-0.4, -0.2) is 15.8 Å². The van der Waals surface area contributed by atoms with Gasteiger partial charge in [-0.3, -0.25) is 0 Å². The molecule has 0 fully saturated rings. The summed E-state index contributed by atoms with van der Waals surface area (Å²) in [5.74, 6) is 0. The van der Waals surface area contributed by atoms with E-state index in [1.165, 1.54) is 11.1 Å². The topological polar surface area (TPSA) is 16.3 Å². The normalized spacial score (nSPS) is 14.0. The van der Waals surface area contributed by atoms with Crippen molar-refractivity contribution in [3.63, 3.8) is 0 Å². The van der Waals surface area contributed by atoms with Crippen molar-refractivity contribution in [3.05, 3.63) is 332 Å². The monoisotopic (exact) mass is 1310 g/mol. The molecular weight excluding hydrogens is 1220 g/mol. The Balaban J connectivity index is 1.06. The molecule has 0 saturated heterocycles. The zero-order valence-electron chi connectivity index (χ0n) is 66.3. The molecule has 0 bridgehead atoms. The van der Waals surface area contributed by atoms with E-state index in [1.54, 1.807) is 4.57 Å². The average Bonchev–Trinajstić information content (AvgIpc) is 1.23. The standard InChI is InChI=1S/C96H79BN4/c1-94(2,3)68-37-28-36-65(54-68)66-48-52-86-81(55-66)97-80-51-50-72(99-82-44-25-22-40-74(82)75-41-23-26-45-83(75)99)61-88(80)100(85-53-49-69(95(4,5)6)58-77(85)62-30-14-10-15-31-62)89-56-67(73-43-29-47-87-91(73)76-42-24-27-46-84(76)98(87)71-38-20-13-21-39-71)57-90(92(89)97)101(86)93-78(63-32-16-11-17-33-63)59-70(96(7,8)9)60-79(93)64-34-18-12-19-35-64/h10-61H,1-9H3/i22D,23D,25D,26D,40D,41D,44D,45D. The second kappa shape index (κ2) is 23.5. The van der Waals surface area contributed by atoms with Gasteiger partial charge in [-0.25, -0.2) is 0 Å². The van der Waals surface area contributed by atoms with Crippen LogP contribution in [0.4, 0.5) is 34.1 Å². The number of hydrogen-bond donors (Lipinski definition) is 0. The molecule has 0 aliphatic carbocycles. The van der Waals surface area contributed by atoms with Gasteiger partial charge in [0.25, 0.3) is 6.71 Å². The summed E-state index contributed by atoms with van der Waals surface area (Å²) in [7, 11) is 0. The molecule has 14 aromatic carbocycles. The van der Waals surface area contributed by atoms with Gasteiger partial charge in [0.05, 0.1) is 44.4 Å². The summed E-state index contributed by atoms with van der Waals surface area (Å²) in [6, 6.07) is 93.6.